The first-order chi connectivity index (χ1) is 6.90. The summed E-state index contributed by atoms with van der Waals surface area (Å²) in [5, 5.41) is 3.41. The molecule has 0 aromatic carbocycles. The molecular formula is C11H23N3. The van der Waals surface area contributed by atoms with Crippen molar-refractivity contribution in [3.05, 3.63) is 0 Å². The van der Waals surface area contributed by atoms with Crippen LogP contribution >= 0.6 is 0 Å². The normalized spacial score (nSPS) is 31.1. The molecule has 0 saturated carbocycles. The largest absolute Gasteiger partial charge is 0.314 e. The third-order valence-corrected chi connectivity index (χ3v) is 3.58. The van der Waals surface area contributed by atoms with Crippen LogP contribution < -0.4 is 5.32 Å². The Morgan fingerprint density at radius 3 is 2.71 bits per heavy atom. The first-order valence-electron chi connectivity index (χ1n) is 6.07. The summed E-state index contributed by atoms with van der Waals surface area (Å²) in [6.45, 7) is 11.0. The highest BCUT2D eigenvalue weighted by molar-refractivity contribution is 4.82. The summed E-state index contributed by atoms with van der Waals surface area (Å²) >= 11 is 0. The molecule has 1 N–H and O–H groups in total. The van der Waals surface area contributed by atoms with Gasteiger partial charge in [-0.15, -0.1) is 0 Å². The van der Waals surface area contributed by atoms with Gasteiger partial charge in [-0.05, 0) is 25.9 Å². The van der Waals surface area contributed by atoms with E-state index in [2.05, 4.69) is 22.0 Å². The zero-order chi connectivity index (χ0) is 9.80. The summed E-state index contributed by atoms with van der Waals surface area (Å²) in [6, 6.07) is 0.845. The molecule has 1 unspecified atom stereocenters. The molecule has 3 heteroatoms. The van der Waals surface area contributed by atoms with Gasteiger partial charge in [0.25, 0.3) is 0 Å². The van der Waals surface area contributed by atoms with E-state index in [-0.39, 0.29) is 0 Å². The second-order valence-electron chi connectivity index (χ2n) is 4.48. The molecule has 82 valence electrons. The highest BCUT2D eigenvalue weighted by Gasteiger charge is 2.25. The zero-order valence-corrected chi connectivity index (χ0v) is 9.34. The second-order valence-corrected chi connectivity index (χ2v) is 4.48. The van der Waals surface area contributed by atoms with Gasteiger partial charge in [0.15, 0.2) is 0 Å². The van der Waals surface area contributed by atoms with Crippen molar-refractivity contribution in [1.29, 1.82) is 0 Å². The smallest absolute Gasteiger partial charge is 0.0223 e. The quantitative estimate of drug-likeness (QED) is 0.705. The Morgan fingerprint density at radius 2 is 2.00 bits per heavy atom. The molecule has 0 aromatic rings. The van der Waals surface area contributed by atoms with Gasteiger partial charge in [0, 0.05) is 38.8 Å². The lowest BCUT2D eigenvalue weighted by atomic mass is 10.2. The SMILES string of the molecule is CCN1CCCC1CN1CCNCC1. The molecule has 0 bridgehead atoms. The van der Waals surface area contributed by atoms with E-state index in [4.69, 9.17) is 0 Å². The molecule has 2 aliphatic heterocycles. The highest BCUT2D eigenvalue weighted by Crippen LogP contribution is 2.17. The number of hydrogen-bond donors (Lipinski definition) is 1. The molecule has 0 amide bonds. The van der Waals surface area contributed by atoms with Crippen molar-refractivity contribution in [2.45, 2.75) is 25.8 Å². The molecule has 2 fully saturated rings. The van der Waals surface area contributed by atoms with Crippen LogP contribution in [0.2, 0.25) is 0 Å². The van der Waals surface area contributed by atoms with Crippen LogP contribution in [-0.4, -0.2) is 61.7 Å². The predicted octanol–water partition coefficient (Wildman–Crippen LogP) is 0.376. The van der Waals surface area contributed by atoms with Crippen LogP contribution in [0.1, 0.15) is 19.8 Å². The molecule has 0 aliphatic carbocycles. The van der Waals surface area contributed by atoms with Crippen LogP contribution in [0.25, 0.3) is 0 Å². The highest BCUT2D eigenvalue weighted by atomic mass is 15.2. The van der Waals surface area contributed by atoms with Gasteiger partial charge in [-0.2, -0.15) is 0 Å². The van der Waals surface area contributed by atoms with Crippen molar-refractivity contribution in [2.24, 2.45) is 0 Å². The number of hydrogen-bond acceptors (Lipinski definition) is 3. The fraction of sp³-hybridized carbons (Fsp3) is 1.00. The number of nitrogens with zero attached hydrogens (tertiary/aromatic N) is 2. The van der Waals surface area contributed by atoms with Crippen molar-refractivity contribution in [1.82, 2.24) is 15.1 Å². The van der Waals surface area contributed by atoms with Crippen LogP contribution in [0.5, 0.6) is 0 Å². The second kappa shape index (κ2) is 5.10. The van der Waals surface area contributed by atoms with Gasteiger partial charge in [0.05, 0.1) is 0 Å². The number of piperazine rings is 1. The maximum atomic E-state index is 3.41. The Morgan fingerprint density at radius 1 is 1.21 bits per heavy atom. The van der Waals surface area contributed by atoms with Gasteiger partial charge in [0.1, 0.15) is 0 Å². The van der Waals surface area contributed by atoms with Gasteiger partial charge in [-0.1, -0.05) is 6.92 Å². The van der Waals surface area contributed by atoms with Crippen molar-refractivity contribution >= 4 is 0 Å². The third-order valence-electron chi connectivity index (χ3n) is 3.58. The van der Waals surface area contributed by atoms with Crippen LogP contribution in [-0.2, 0) is 0 Å². The maximum Gasteiger partial charge on any atom is 0.0223 e. The van der Waals surface area contributed by atoms with Crippen LogP contribution in [0.15, 0.2) is 0 Å². The van der Waals surface area contributed by atoms with E-state index >= 15 is 0 Å². The minimum atomic E-state index is 0.845. The lowest BCUT2D eigenvalue weighted by Gasteiger charge is -2.32. The Balaban J connectivity index is 1.77. The molecule has 3 nitrogen and oxygen atoms in total. The lowest BCUT2D eigenvalue weighted by molar-refractivity contribution is 0.164. The zero-order valence-electron chi connectivity index (χ0n) is 9.34. The summed E-state index contributed by atoms with van der Waals surface area (Å²) in [5.74, 6) is 0. The van der Waals surface area contributed by atoms with E-state index in [1.54, 1.807) is 0 Å². The number of likely N-dealkylation sites (tertiary alicyclic amines) is 1. The standard InChI is InChI=1S/C11H23N3/c1-2-14-7-3-4-11(14)10-13-8-5-12-6-9-13/h11-12H,2-10H2,1H3. The summed E-state index contributed by atoms with van der Waals surface area (Å²) < 4.78 is 0. The van der Waals surface area contributed by atoms with Gasteiger partial charge in [0.2, 0.25) is 0 Å². The first kappa shape index (κ1) is 10.4. The fourth-order valence-corrected chi connectivity index (χ4v) is 2.71. The van der Waals surface area contributed by atoms with Gasteiger partial charge in [-0.25, -0.2) is 0 Å². The van der Waals surface area contributed by atoms with E-state index < -0.39 is 0 Å². The summed E-state index contributed by atoms with van der Waals surface area (Å²) in [4.78, 5) is 5.26. The molecular weight excluding hydrogens is 174 g/mol. The number of nitrogens with one attached hydrogen (secondary N) is 1. The van der Waals surface area contributed by atoms with Crippen molar-refractivity contribution < 1.29 is 0 Å². The third kappa shape index (κ3) is 2.47. The van der Waals surface area contributed by atoms with Crippen molar-refractivity contribution in [3.63, 3.8) is 0 Å². The number of rotatable bonds is 3. The molecule has 2 aliphatic rings. The Bertz CT molecular complexity index is 166. The van der Waals surface area contributed by atoms with Gasteiger partial charge < -0.3 is 5.32 Å². The Labute approximate surface area is 87.4 Å². The number of likely N-dealkylation sites (N-methyl/N-ethyl adjacent to an activating group) is 1. The molecule has 0 spiro atoms. The summed E-state index contributed by atoms with van der Waals surface area (Å²) in [6.07, 6.45) is 2.82. The Hall–Kier alpha value is -0.120. The average molecular weight is 197 g/mol. The van der Waals surface area contributed by atoms with E-state index in [0.29, 0.717) is 0 Å². The van der Waals surface area contributed by atoms with Crippen LogP contribution in [0, 0.1) is 0 Å². The van der Waals surface area contributed by atoms with Crippen LogP contribution in [0.4, 0.5) is 0 Å². The van der Waals surface area contributed by atoms with Crippen LogP contribution in [0.3, 0.4) is 0 Å². The topological polar surface area (TPSA) is 18.5 Å². The van der Waals surface area contributed by atoms with E-state index in [9.17, 15) is 0 Å². The molecule has 1 atom stereocenters. The molecule has 14 heavy (non-hydrogen) atoms. The minimum absolute atomic E-state index is 0.845. The summed E-state index contributed by atoms with van der Waals surface area (Å²) in [7, 11) is 0. The average Bonchev–Trinajstić information content (AvgIpc) is 2.67. The van der Waals surface area contributed by atoms with E-state index in [1.165, 1.54) is 58.7 Å². The van der Waals surface area contributed by atoms with Gasteiger partial charge >= 0.3 is 0 Å². The van der Waals surface area contributed by atoms with Crippen molar-refractivity contribution in [2.75, 3.05) is 45.8 Å². The molecule has 2 heterocycles. The fourth-order valence-electron chi connectivity index (χ4n) is 2.71. The predicted molar refractivity (Wildman–Crippen MR) is 59.6 cm³/mol. The summed E-state index contributed by atoms with van der Waals surface area (Å²) in [5.41, 5.74) is 0. The molecule has 2 saturated heterocycles. The van der Waals surface area contributed by atoms with E-state index in [1.807, 2.05) is 0 Å². The van der Waals surface area contributed by atoms with Gasteiger partial charge in [-0.3, -0.25) is 9.80 Å². The lowest BCUT2D eigenvalue weighted by Crippen LogP contribution is -2.48. The first-order valence-corrected chi connectivity index (χ1v) is 6.07. The minimum Gasteiger partial charge on any atom is -0.314 e. The Kier molecular flexibility index (Phi) is 3.79. The molecule has 2 rings (SSSR count). The molecule has 0 radical (unpaired) electrons. The maximum absolute atomic E-state index is 3.41. The molecule has 0 aromatic heterocycles. The van der Waals surface area contributed by atoms with E-state index in [0.717, 1.165) is 6.04 Å². The monoisotopic (exact) mass is 197 g/mol. The van der Waals surface area contributed by atoms with Crippen molar-refractivity contribution in [3.8, 4) is 0 Å².